The molecule has 0 spiro atoms. The number of rotatable bonds is 15. The quantitative estimate of drug-likeness (QED) is 0.0966. The van der Waals surface area contributed by atoms with Gasteiger partial charge in [0.05, 0.1) is 34.6 Å². The van der Waals surface area contributed by atoms with Gasteiger partial charge in [0.2, 0.25) is 0 Å². The first-order valence-corrected chi connectivity index (χ1v) is 26.4. The van der Waals surface area contributed by atoms with Crippen molar-refractivity contribution in [2.75, 3.05) is 111 Å². The summed E-state index contributed by atoms with van der Waals surface area (Å²) in [6, 6.07) is 37.8. The molecule has 2 aromatic heterocycles. The van der Waals surface area contributed by atoms with Crippen LogP contribution in [0.2, 0.25) is 0 Å². The largest absolute Gasteiger partial charge is 0.486 e. The van der Waals surface area contributed by atoms with Crippen molar-refractivity contribution in [1.82, 2.24) is 19.8 Å². The van der Waals surface area contributed by atoms with Crippen LogP contribution in [-0.2, 0) is 0 Å². The van der Waals surface area contributed by atoms with Crippen molar-refractivity contribution >= 4 is 34.8 Å². The van der Waals surface area contributed by atoms with Crippen molar-refractivity contribution in [1.29, 1.82) is 10.5 Å². The summed E-state index contributed by atoms with van der Waals surface area (Å²) >= 11 is 0. The molecule has 16 nitrogen and oxygen atoms in total. The van der Waals surface area contributed by atoms with Crippen LogP contribution < -0.4 is 38.5 Å². The third-order valence-electron chi connectivity index (χ3n) is 15.0. The highest BCUT2D eigenvalue weighted by atomic mass is 16.6. The van der Waals surface area contributed by atoms with Gasteiger partial charge in [0, 0.05) is 118 Å². The van der Waals surface area contributed by atoms with Gasteiger partial charge in [0.15, 0.2) is 23.0 Å². The first-order chi connectivity index (χ1) is 37.1. The zero-order valence-corrected chi connectivity index (χ0v) is 43.7. The van der Waals surface area contributed by atoms with E-state index in [4.69, 9.17) is 18.9 Å². The van der Waals surface area contributed by atoms with E-state index in [2.05, 4.69) is 93.7 Å². The Bertz CT molecular complexity index is 2870. The van der Waals surface area contributed by atoms with Crippen LogP contribution in [0, 0.1) is 28.6 Å². The summed E-state index contributed by atoms with van der Waals surface area (Å²) in [5.74, 6) is 4.00. The number of hydrogen-bond acceptors (Lipinski definition) is 14. The van der Waals surface area contributed by atoms with Gasteiger partial charge in [-0.25, -0.2) is 9.97 Å². The summed E-state index contributed by atoms with van der Waals surface area (Å²) in [4.78, 5) is 50.1. The molecule has 2 fully saturated rings. The lowest BCUT2D eigenvalue weighted by atomic mass is 9.80. The Hall–Kier alpha value is -8.18. The molecule has 0 N–H and O–H groups in total. The van der Waals surface area contributed by atoms with Crippen molar-refractivity contribution in [3.63, 3.8) is 0 Å². The molecule has 4 aliphatic rings. The number of aromatic nitrogens is 2. The fourth-order valence-corrected chi connectivity index (χ4v) is 11.0. The number of nitrogens with zero attached hydrogens (tertiary/aromatic N) is 10. The number of pyridine rings is 2. The number of anilines is 4. The molecule has 0 aliphatic carbocycles. The maximum absolute atomic E-state index is 14.0. The molecule has 76 heavy (non-hydrogen) atoms. The highest BCUT2D eigenvalue weighted by Crippen LogP contribution is 2.53. The summed E-state index contributed by atoms with van der Waals surface area (Å²) < 4.78 is 26.3. The lowest BCUT2D eigenvalue weighted by Crippen LogP contribution is -2.53. The van der Waals surface area contributed by atoms with Crippen LogP contribution in [0.1, 0.15) is 76.6 Å². The summed E-state index contributed by atoms with van der Waals surface area (Å²) in [6.45, 7) is 17.7. The normalized spacial score (nSPS) is 16.7. The average molecular weight is 1020 g/mol. The Balaban J connectivity index is 0.829. The number of ether oxygens (including phenoxy) is 4. The molecule has 0 saturated carbocycles. The van der Waals surface area contributed by atoms with Gasteiger partial charge in [-0.15, -0.1) is 0 Å². The molecule has 6 heterocycles. The molecule has 2 saturated heterocycles. The van der Waals surface area contributed by atoms with Gasteiger partial charge in [-0.05, 0) is 105 Å². The number of nitriles is 2. The summed E-state index contributed by atoms with van der Waals surface area (Å²) in [7, 11) is 0. The SMILES string of the molecule is CC(C)C(c1ccc(N2CCN(C(C)CN(C(=O)c3ccc(C#N)cc3)c3ccccn3)CC2)c2c1OCCO2)c1ccc(N2CCN([C@@H](C)CN(C(=O)c3ccc(C#N)cc3)c3ccccn3)CC2)c2c1OCCO2. The molecule has 0 radical (unpaired) electrons. The zero-order chi connectivity index (χ0) is 52.7. The predicted octanol–water partition coefficient (Wildman–Crippen LogP) is 8.27. The molecule has 6 aromatic rings. The zero-order valence-electron chi connectivity index (χ0n) is 43.7. The fourth-order valence-electron chi connectivity index (χ4n) is 11.0. The monoisotopic (exact) mass is 1020 g/mol. The molecule has 0 bridgehead atoms. The molecular weight excluding hydrogens is 957 g/mol. The molecular formula is C60H64N10O6. The van der Waals surface area contributed by atoms with Gasteiger partial charge in [-0.3, -0.25) is 29.2 Å². The lowest BCUT2D eigenvalue weighted by molar-refractivity contribution is 0.0966. The van der Waals surface area contributed by atoms with Gasteiger partial charge in [0.1, 0.15) is 38.1 Å². The third kappa shape index (κ3) is 10.8. The highest BCUT2D eigenvalue weighted by Gasteiger charge is 2.36. The second-order valence-electron chi connectivity index (χ2n) is 20.1. The number of carbonyl (C=O) groups is 2. The Kier molecular flexibility index (Phi) is 15.6. The Morgan fingerprint density at radius 2 is 0.895 bits per heavy atom. The van der Waals surface area contributed by atoms with Gasteiger partial charge in [0.25, 0.3) is 11.8 Å². The molecule has 4 aliphatic heterocycles. The van der Waals surface area contributed by atoms with E-state index in [0.717, 1.165) is 97.9 Å². The van der Waals surface area contributed by atoms with Gasteiger partial charge < -0.3 is 28.7 Å². The van der Waals surface area contributed by atoms with Gasteiger partial charge >= 0.3 is 0 Å². The minimum Gasteiger partial charge on any atom is -0.486 e. The van der Waals surface area contributed by atoms with Crippen LogP contribution in [0.25, 0.3) is 0 Å². The third-order valence-corrected chi connectivity index (χ3v) is 15.0. The minimum absolute atomic E-state index is 0.0337. The molecule has 3 atom stereocenters. The number of fused-ring (bicyclic) bond motifs is 2. The second kappa shape index (κ2) is 23.2. The van der Waals surface area contributed by atoms with E-state index in [1.165, 1.54) is 0 Å². The standard InChI is InChI=1S/C60H64N10O6/c1-41(2)54(48-19-21-50(57-55(48)73-33-35-75-57)67-29-25-65(26-30-67)42(3)39-69(52-9-5-7-23-63-52)59(71)46-15-11-44(37-61)12-16-46)49-20-22-51(58-56(49)74-34-36-76-58)68-31-27-66(28-32-68)43(4)40-70(53-10-6-8-24-64-53)60(72)47-17-13-45(38-62)14-18-47/h5-24,41-43,54H,25-36,39-40H2,1-4H3/t42-,43?,54?/m0/s1. The Morgan fingerprint density at radius 3 is 1.24 bits per heavy atom. The summed E-state index contributed by atoms with van der Waals surface area (Å²) in [5, 5.41) is 18.7. The number of carbonyl (C=O) groups excluding carboxylic acids is 2. The maximum Gasteiger partial charge on any atom is 0.259 e. The van der Waals surface area contributed by atoms with Crippen LogP contribution in [0.3, 0.4) is 0 Å². The molecule has 10 rings (SSSR count). The Morgan fingerprint density at radius 1 is 0.513 bits per heavy atom. The topological polar surface area (TPSA) is 164 Å². The van der Waals surface area contributed by atoms with E-state index in [0.29, 0.717) is 73.4 Å². The van der Waals surface area contributed by atoms with E-state index >= 15 is 0 Å². The summed E-state index contributed by atoms with van der Waals surface area (Å²) in [6.07, 6.45) is 3.40. The van der Waals surface area contributed by atoms with Crippen LogP contribution in [0.15, 0.2) is 122 Å². The van der Waals surface area contributed by atoms with Gasteiger partial charge in [-0.1, -0.05) is 38.1 Å². The van der Waals surface area contributed by atoms with E-state index in [1.54, 1.807) is 70.7 Å². The predicted molar refractivity (Wildman–Crippen MR) is 292 cm³/mol. The van der Waals surface area contributed by atoms with Crippen molar-refractivity contribution in [3.05, 3.63) is 155 Å². The van der Waals surface area contributed by atoms with E-state index in [-0.39, 0.29) is 35.7 Å². The van der Waals surface area contributed by atoms with Crippen LogP contribution in [0.5, 0.6) is 23.0 Å². The van der Waals surface area contributed by atoms with Gasteiger partial charge in [-0.2, -0.15) is 10.5 Å². The first kappa shape index (κ1) is 51.3. The van der Waals surface area contributed by atoms with E-state index in [9.17, 15) is 20.1 Å². The van der Waals surface area contributed by atoms with Crippen LogP contribution in [-0.4, -0.2) is 136 Å². The van der Waals surface area contributed by atoms with Crippen molar-refractivity contribution in [3.8, 4) is 35.1 Å². The lowest BCUT2D eigenvalue weighted by Gasteiger charge is -2.41. The van der Waals surface area contributed by atoms with Crippen LogP contribution in [0.4, 0.5) is 23.0 Å². The molecule has 16 heteroatoms. The maximum atomic E-state index is 14.0. The smallest absolute Gasteiger partial charge is 0.259 e. The first-order valence-electron chi connectivity index (χ1n) is 26.4. The number of piperazine rings is 2. The average Bonchev–Trinajstić information content (AvgIpc) is 3.49. The summed E-state index contributed by atoms with van der Waals surface area (Å²) in [5.41, 5.74) is 6.13. The minimum atomic E-state index is -0.159. The molecule has 2 unspecified atom stereocenters. The number of amides is 2. The number of hydrogen-bond donors (Lipinski definition) is 0. The highest BCUT2D eigenvalue weighted by molar-refractivity contribution is 6.06. The van der Waals surface area contributed by atoms with E-state index in [1.807, 2.05) is 36.4 Å². The van der Waals surface area contributed by atoms with Crippen molar-refractivity contribution in [2.45, 2.75) is 45.7 Å². The molecule has 2 amide bonds. The van der Waals surface area contributed by atoms with Crippen LogP contribution >= 0.6 is 0 Å². The Labute approximate surface area is 445 Å². The van der Waals surface area contributed by atoms with E-state index < -0.39 is 0 Å². The van der Waals surface area contributed by atoms with Crippen molar-refractivity contribution < 1.29 is 28.5 Å². The van der Waals surface area contributed by atoms with Crippen molar-refractivity contribution in [2.24, 2.45) is 5.92 Å². The molecule has 390 valence electrons. The fraction of sp³-hybridized carbons (Fsp3) is 0.367. The number of benzene rings is 4. The molecule has 4 aromatic carbocycles. The second-order valence-corrected chi connectivity index (χ2v) is 20.1.